The van der Waals surface area contributed by atoms with Gasteiger partial charge in [-0.05, 0) is 56.2 Å². The van der Waals surface area contributed by atoms with E-state index in [9.17, 15) is 18.0 Å². The van der Waals surface area contributed by atoms with Gasteiger partial charge in [0, 0.05) is 42.6 Å². The van der Waals surface area contributed by atoms with Gasteiger partial charge in [0.1, 0.15) is 0 Å². The molecular formula is C24H30N2O5S2. The number of ether oxygens (including phenoxy) is 1. The van der Waals surface area contributed by atoms with Crippen molar-refractivity contribution >= 4 is 33.1 Å². The molecule has 2 fully saturated rings. The molecule has 1 aromatic heterocycles. The lowest BCUT2D eigenvalue weighted by Gasteiger charge is -2.34. The van der Waals surface area contributed by atoms with Gasteiger partial charge in [-0.2, -0.15) is 4.31 Å². The number of hydrogen-bond donors (Lipinski definition) is 0. The number of piperidine rings is 1. The monoisotopic (exact) mass is 490 g/mol. The van der Waals surface area contributed by atoms with Crippen molar-refractivity contribution in [2.75, 3.05) is 26.2 Å². The Balaban J connectivity index is 1.40. The largest absolute Gasteiger partial charge is 0.376 e. The van der Waals surface area contributed by atoms with Gasteiger partial charge in [-0.25, -0.2) is 8.42 Å². The fourth-order valence-corrected chi connectivity index (χ4v) is 6.66. The average Bonchev–Trinajstić information content (AvgIpc) is 3.53. The lowest BCUT2D eigenvalue weighted by atomic mass is 9.96. The van der Waals surface area contributed by atoms with E-state index >= 15 is 0 Å². The second-order valence-corrected chi connectivity index (χ2v) is 11.7. The molecule has 0 N–H and O–H groups in total. The number of Topliss-reactive ketones (excluding diaryl/α,β-unsaturated/α-hetero) is 1. The minimum Gasteiger partial charge on any atom is -0.376 e. The average molecular weight is 491 g/mol. The number of carbonyl (C=O) groups excluding carboxylic acids is 2. The predicted molar refractivity (Wildman–Crippen MR) is 127 cm³/mol. The third-order valence-corrected chi connectivity index (χ3v) is 9.16. The van der Waals surface area contributed by atoms with Gasteiger partial charge in [-0.1, -0.05) is 18.2 Å². The number of amides is 1. The molecule has 9 heteroatoms. The summed E-state index contributed by atoms with van der Waals surface area (Å²) in [5.41, 5.74) is 0.482. The lowest BCUT2D eigenvalue weighted by molar-refractivity contribution is -0.139. The zero-order valence-corrected chi connectivity index (χ0v) is 20.4. The van der Waals surface area contributed by atoms with Crippen LogP contribution in [0.1, 0.15) is 47.8 Å². The van der Waals surface area contributed by atoms with Crippen molar-refractivity contribution < 1.29 is 22.7 Å². The highest BCUT2D eigenvalue weighted by atomic mass is 32.2. The predicted octanol–water partition coefficient (Wildman–Crippen LogP) is 3.56. The second kappa shape index (κ2) is 10.5. The molecule has 2 aliphatic rings. The van der Waals surface area contributed by atoms with Crippen LogP contribution < -0.4 is 0 Å². The molecule has 1 amide bonds. The topological polar surface area (TPSA) is 84.0 Å². The van der Waals surface area contributed by atoms with E-state index in [1.165, 1.54) is 23.4 Å². The first-order chi connectivity index (χ1) is 15.8. The zero-order chi connectivity index (χ0) is 23.4. The molecule has 0 aliphatic carbocycles. The van der Waals surface area contributed by atoms with Gasteiger partial charge >= 0.3 is 0 Å². The molecule has 2 aromatic rings. The second-order valence-electron chi connectivity index (χ2n) is 8.69. The van der Waals surface area contributed by atoms with Gasteiger partial charge in [-0.3, -0.25) is 9.59 Å². The molecule has 0 saturated carbocycles. The summed E-state index contributed by atoms with van der Waals surface area (Å²) in [7, 11) is -3.65. The highest BCUT2D eigenvalue weighted by Gasteiger charge is 2.35. The summed E-state index contributed by atoms with van der Waals surface area (Å²) in [4.78, 5) is 28.1. The Morgan fingerprint density at radius 2 is 1.85 bits per heavy atom. The first-order valence-electron chi connectivity index (χ1n) is 11.4. The number of hydrogen-bond acceptors (Lipinski definition) is 6. The van der Waals surface area contributed by atoms with Crippen LogP contribution in [0.25, 0.3) is 0 Å². The molecule has 0 radical (unpaired) electrons. The SMILES string of the molecule is CC(=O)c1ccc(S(=O)(=O)N2CCC(C(=O)N(Cc3cccs3)CC3CCCO3)CC2)cc1. The van der Waals surface area contributed by atoms with E-state index in [2.05, 4.69) is 0 Å². The van der Waals surface area contributed by atoms with Crippen LogP contribution in [-0.4, -0.2) is 61.7 Å². The normalized spacial score (nSPS) is 20.1. The Bertz CT molecular complexity index is 1050. The Labute approximate surface area is 199 Å². The van der Waals surface area contributed by atoms with Crippen LogP contribution in [0.5, 0.6) is 0 Å². The van der Waals surface area contributed by atoms with Gasteiger partial charge in [0.2, 0.25) is 15.9 Å². The van der Waals surface area contributed by atoms with E-state index < -0.39 is 10.0 Å². The van der Waals surface area contributed by atoms with Crippen molar-refractivity contribution in [2.45, 2.75) is 50.2 Å². The number of rotatable bonds is 8. The molecule has 7 nitrogen and oxygen atoms in total. The first-order valence-corrected chi connectivity index (χ1v) is 13.7. The molecule has 0 bridgehead atoms. The minimum absolute atomic E-state index is 0.0763. The Morgan fingerprint density at radius 3 is 2.42 bits per heavy atom. The third-order valence-electron chi connectivity index (χ3n) is 6.39. The summed E-state index contributed by atoms with van der Waals surface area (Å²) in [6.45, 7) is 3.95. The van der Waals surface area contributed by atoms with Crippen LogP contribution in [0, 0.1) is 5.92 Å². The molecule has 2 saturated heterocycles. The number of carbonyl (C=O) groups is 2. The van der Waals surface area contributed by atoms with E-state index in [-0.39, 0.29) is 28.6 Å². The summed E-state index contributed by atoms with van der Waals surface area (Å²) in [6, 6.07) is 10.1. The van der Waals surface area contributed by atoms with E-state index in [0.717, 1.165) is 24.3 Å². The quantitative estimate of drug-likeness (QED) is 0.529. The maximum absolute atomic E-state index is 13.4. The Morgan fingerprint density at radius 1 is 1.12 bits per heavy atom. The standard InChI is InChI=1S/C24H30N2O5S2/c1-18(27)19-6-8-23(9-7-19)33(29,30)26-12-10-20(11-13-26)24(28)25(16-21-4-2-14-31-21)17-22-5-3-15-32-22/h3,5-9,15,20-21H,2,4,10-14,16-17H2,1H3. The van der Waals surface area contributed by atoms with Gasteiger partial charge in [0.15, 0.2) is 5.78 Å². The van der Waals surface area contributed by atoms with Crippen molar-refractivity contribution in [2.24, 2.45) is 5.92 Å². The maximum Gasteiger partial charge on any atom is 0.243 e. The van der Waals surface area contributed by atoms with Crippen molar-refractivity contribution in [1.82, 2.24) is 9.21 Å². The van der Waals surface area contributed by atoms with E-state index in [4.69, 9.17) is 4.74 Å². The number of benzene rings is 1. The number of thiophene rings is 1. The third kappa shape index (κ3) is 5.71. The van der Waals surface area contributed by atoms with Crippen molar-refractivity contribution in [3.63, 3.8) is 0 Å². The van der Waals surface area contributed by atoms with E-state index in [0.29, 0.717) is 44.6 Å². The smallest absolute Gasteiger partial charge is 0.243 e. The summed E-state index contributed by atoms with van der Waals surface area (Å²) in [5, 5.41) is 2.01. The lowest BCUT2D eigenvalue weighted by Crippen LogP contribution is -2.45. The highest BCUT2D eigenvalue weighted by molar-refractivity contribution is 7.89. The van der Waals surface area contributed by atoms with Crippen molar-refractivity contribution in [3.05, 3.63) is 52.2 Å². The van der Waals surface area contributed by atoms with Crippen molar-refractivity contribution in [3.8, 4) is 0 Å². The highest BCUT2D eigenvalue weighted by Crippen LogP contribution is 2.27. The maximum atomic E-state index is 13.4. The molecule has 4 rings (SSSR count). The number of sulfonamides is 1. The van der Waals surface area contributed by atoms with Gasteiger partial charge in [0.25, 0.3) is 0 Å². The number of ketones is 1. The Hall–Kier alpha value is -2.07. The summed E-state index contributed by atoms with van der Waals surface area (Å²) >= 11 is 1.63. The zero-order valence-electron chi connectivity index (χ0n) is 18.8. The number of nitrogens with zero attached hydrogens (tertiary/aromatic N) is 2. The fourth-order valence-electron chi connectivity index (χ4n) is 4.47. The van der Waals surface area contributed by atoms with Crippen LogP contribution in [0.15, 0.2) is 46.7 Å². The Kier molecular flexibility index (Phi) is 7.63. The van der Waals surface area contributed by atoms with Gasteiger partial charge < -0.3 is 9.64 Å². The molecule has 1 aromatic carbocycles. The van der Waals surface area contributed by atoms with Crippen LogP contribution in [0.4, 0.5) is 0 Å². The molecule has 1 atom stereocenters. The molecule has 0 spiro atoms. The first kappa shape index (κ1) is 24.1. The molecule has 2 aliphatic heterocycles. The minimum atomic E-state index is -3.65. The summed E-state index contributed by atoms with van der Waals surface area (Å²) < 4.78 is 33.3. The molecule has 33 heavy (non-hydrogen) atoms. The summed E-state index contributed by atoms with van der Waals surface area (Å²) in [5.74, 6) is -0.215. The van der Waals surface area contributed by atoms with Crippen LogP contribution in [0.3, 0.4) is 0 Å². The van der Waals surface area contributed by atoms with Crippen molar-refractivity contribution in [1.29, 1.82) is 0 Å². The fraction of sp³-hybridized carbons (Fsp3) is 0.500. The van der Waals surface area contributed by atoms with Crippen LogP contribution in [0.2, 0.25) is 0 Å². The molecule has 1 unspecified atom stereocenters. The molecule has 3 heterocycles. The molecule has 178 valence electrons. The van der Waals surface area contributed by atoms with Crippen LogP contribution >= 0.6 is 11.3 Å². The van der Waals surface area contributed by atoms with E-state index in [1.807, 2.05) is 22.4 Å². The van der Waals surface area contributed by atoms with Crippen LogP contribution in [-0.2, 0) is 26.1 Å². The summed E-state index contributed by atoms with van der Waals surface area (Å²) in [6.07, 6.45) is 3.06. The van der Waals surface area contributed by atoms with E-state index in [1.54, 1.807) is 23.5 Å². The molecular weight excluding hydrogens is 460 g/mol. The van der Waals surface area contributed by atoms with Gasteiger partial charge in [0.05, 0.1) is 17.5 Å². The van der Waals surface area contributed by atoms with Gasteiger partial charge in [-0.15, -0.1) is 11.3 Å².